The number of benzene rings is 1. The molecule has 1 N–H and O–H groups in total. The van der Waals surface area contributed by atoms with Gasteiger partial charge in [-0.15, -0.1) is 0 Å². The summed E-state index contributed by atoms with van der Waals surface area (Å²) >= 11 is 0. The number of rotatable bonds is 2. The molecule has 1 saturated heterocycles. The van der Waals surface area contributed by atoms with Crippen LogP contribution in [0.5, 0.6) is 5.75 Å². The summed E-state index contributed by atoms with van der Waals surface area (Å²) in [7, 11) is 0. The SMILES string of the molecule is C1CCOCC1.O=C(O)Oc1ccc([N+](=O)[O-])cc1. The maximum Gasteiger partial charge on any atom is 0.511 e. The maximum absolute atomic E-state index is 10.2. The molecule has 0 atom stereocenters. The second-order valence-electron chi connectivity index (χ2n) is 3.79. The highest BCUT2D eigenvalue weighted by Gasteiger charge is 2.05. The van der Waals surface area contributed by atoms with Gasteiger partial charge in [-0.25, -0.2) is 4.79 Å². The Bertz CT molecular complexity index is 401. The predicted molar refractivity (Wildman–Crippen MR) is 66.4 cm³/mol. The number of nitro benzene ring substituents is 1. The third kappa shape index (κ3) is 6.37. The number of hydrogen-bond acceptors (Lipinski definition) is 5. The fourth-order valence-electron chi connectivity index (χ4n) is 1.42. The Morgan fingerprint density at radius 1 is 1.21 bits per heavy atom. The summed E-state index contributed by atoms with van der Waals surface area (Å²) in [5.74, 6) is 0.0538. The topological polar surface area (TPSA) is 98.9 Å². The summed E-state index contributed by atoms with van der Waals surface area (Å²) in [5.41, 5.74) is -0.113. The van der Waals surface area contributed by atoms with Gasteiger partial charge < -0.3 is 14.6 Å². The second-order valence-corrected chi connectivity index (χ2v) is 3.79. The van der Waals surface area contributed by atoms with Crippen molar-refractivity contribution in [3.8, 4) is 5.75 Å². The van der Waals surface area contributed by atoms with E-state index in [0.29, 0.717) is 0 Å². The molecular formula is C12H15NO6. The van der Waals surface area contributed by atoms with Crippen molar-refractivity contribution in [1.29, 1.82) is 0 Å². The number of carbonyl (C=O) groups is 1. The number of hydrogen-bond donors (Lipinski definition) is 1. The first-order valence-corrected chi connectivity index (χ1v) is 5.82. The van der Waals surface area contributed by atoms with E-state index in [1.807, 2.05) is 0 Å². The summed E-state index contributed by atoms with van der Waals surface area (Å²) < 4.78 is 9.31. The molecule has 1 aliphatic heterocycles. The highest BCUT2D eigenvalue weighted by atomic mass is 16.7. The van der Waals surface area contributed by atoms with Crippen molar-refractivity contribution in [1.82, 2.24) is 0 Å². The summed E-state index contributed by atoms with van der Waals surface area (Å²) in [6.07, 6.45) is 2.48. The van der Waals surface area contributed by atoms with Gasteiger partial charge in [0.15, 0.2) is 0 Å². The van der Waals surface area contributed by atoms with E-state index in [1.54, 1.807) is 0 Å². The molecule has 0 unspecified atom stereocenters. The molecule has 0 saturated carbocycles. The largest absolute Gasteiger partial charge is 0.511 e. The molecule has 7 heteroatoms. The zero-order chi connectivity index (χ0) is 14.1. The van der Waals surface area contributed by atoms with E-state index in [9.17, 15) is 14.9 Å². The zero-order valence-corrected chi connectivity index (χ0v) is 10.3. The average Bonchev–Trinajstić information content (AvgIpc) is 2.41. The smallest absolute Gasteiger partial charge is 0.449 e. The molecule has 1 heterocycles. The zero-order valence-electron chi connectivity index (χ0n) is 10.3. The fraction of sp³-hybridized carbons (Fsp3) is 0.417. The summed E-state index contributed by atoms with van der Waals surface area (Å²) in [5, 5.41) is 18.4. The molecule has 0 spiro atoms. The molecule has 1 aromatic carbocycles. The van der Waals surface area contributed by atoms with Crippen molar-refractivity contribution in [2.24, 2.45) is 0 Å². The van der Waals surface area contributed by atoms with Crippen molar-refractivity contribution in [2.75, 3.05) is 13.2 Å². The summed E-state index contributed by atoms with van der Waals surface area (Å²) in [6.45, 7) is 2.00. The lowest BCUT2D eigenvalue weighted by molar-refractivity contribution is -0.384. The van der Waals surface area contributed by atoms with Crippen molar-refractivity contribution < 1.29 is 24.3 Å². The monoisotopic (exact) mass is 269 g/mol. The Balaban J connectivity index is 0.000000250. The molecule has 0 amide bonds. The predicted octanol–water partition coefficient (Wildman–Crippen LogP) is 2.84. The normalized spacial score (nSPS) is 13.9. The lowest BCUT2D eigenvalue weighted by Crippen LogP contribution is -2.03. The molecule has 7 nitrogen and oxygen atoms in total. The van der Waals surface area contributed by atoms with Crippen LogP contribution in [0.3, 0.4) is 0 Å². The van der Waals surface area contributed by atoms with E-state index in [0.717, 1.165) is 25.3 Å². The van der Waals surface area contributed by atoms with Gasteiger partial charge >= 0.3 is 6.16 Å². The number of nitrogens with zero attached hydrogens (tertiary/aromatic N) is 1. The Morgan fingerprint density at radius 2 is 1.79 bits per heavy atom. The van der Waals surface area contributed by atoms with Crippen LogP contribution in [-0.2, 0) is 4.74 Å². The summed E-state index contributed by atoms with van der Waals surface area (Å²) in [6, 6.07) is 4.76. The van der Waals surface area contributed by atoms with Crippen LogP contribution in [0.15, 0.2) is 24.3 Å². The molecular weight excluding hydrogens is 254 g/mol. The minimum Gasteiger partial charge on any atom is -0.449 e. The van der Waals surface area contributed by atoms with Gasteiger partial charge in [-0.2, -0.15) is 0 Å². The molecule has 19 heavy (non-hydrogen) atoms. The van der Waals surface area contributed by atoms with Crippen LogP contribution in [0.25, 0.3) is 0 Å². The molecule has 1 fully saturated rings. The van der Waals surface area contributed by atoms with E-state index in [2.05, 4.69) is 4.74 Å². The molecule has 0 radical (unpaired) electrons. The van der Waals surface area contributed by atoms with Crippen LogP contribution in [-0.4, -0.2) is 29.4 Å². The first kappa shape index (κ1) is 14.9. The minimum absolute atomic E-state index is 0.0538. The van der Waals surface area contributed by atoms with Crippen LogP contribution < -0.4 is 4.74 Å². The first-order chi connectivity index (χ1) is 9.09. The highest BCUT2D eigenvalue weighted by Crippen LogP contribution is 2.17. The first-order valence-electron chi connectivity index (χ1n) is 5.82. The van der Waals surface area contributed by atoms with Crippen LogP contribution in [0.1, 0.15) is 19.3 Å². The second kappa shape index (κ2) is 8.04. The van der Waals surface area contributed by atoms with Crippen LogP contribution in [0.4, 0.5) is 10.5 Å². The van der Waals surface area contributed by atoms with Crippen molar-refractivity contribution in [3.63, 3.8) is 0 Å². The van der Waals surface area contributed by atoms with Crippen LogP contribution in [0, 0.1) is 10.1 Å². The Labute approximate surface area is 109 Å². The van der Waals surface area contributed by atoms with Gasteiger partial charge in [-0.05, 0) is 31.4 Å². The highest BCUT2D eigenvalue weighted by molar-refractivity contribution is 5.61. The third-order valence-electron chi connectivity index (χ3n) is 2.33. The average molecular weight is 269 g/mol. The standard InChI is InChI=1S/C7H5NO5.C5H10O/c9-7(10)13-6-3-1-5(2-4-6)8(11)12;1-2-4-6-5-3-1/h1-4H,(H,9,10);1-5H2. The van der Waals surface area contributed by atoms with Gasteiger partial charge in [0, 0.05) is 25.3 Å². The number of carboxylic acid groups (broad SMARTS) is 1. The molecule has 104 valence electrons. The third-order valence-corrected chi connectivity index (χ3v) is 2.33. The molecule has 0 bridgehead atoms. The van der Waals surface area contributed by atoms with Crippen LogP contribution in [0.2, 0.25) is 0 Å². The quantitative estimate of drug-likeness (QED) is 0.383. The Kier molecular flexibility index (Phi) is 6.31. The van der Waals surface area contributed by atoms with Crippen LogP contribution >= 0.6 is 0 Å². The van der Waals surface area contributed by atoms with E-state index >= 15 is 0 Å². The minimum atomic E-state index is -1.45. The van der Waals surface area contributed by atoms with E-state index in [4.69, 9.17) is 9.84 Å². The Morgan fingerprint density at radius 3 is 2.11 bits per heavy atom. The van der Waals surface area contributed by atoms with Gasteiger partial charge in [0.1, 0.15) is 5.75 Å². The van der Waals surface area contributed by atoms with E-state index < -0.39 is 11.1 Å². The molecule has 1 aliphatic rings. The van der Waals surface area contributed by atoms with Gasteiger partial charge in [-0.1, -0.05) is 0 Å². The fourth-order valence-corrected chi connectivity index (χ4v) is 1.42. The van der Waals surface area contributed by atoms with Gasteiger partial charge in [-0.3, -0.25) is 10.1 Å². The molecule has 0 aliphatic carbocycles. The lowest BCUT2D eigenvalue weighted by atomic mass is 10.2. The molecule has 1 aromatic rings. The summed E-state index contributed by atoms with van der Waals surface area (Å²) in [4.78, 5) is 19.6. The number of ether oxygens (including phenoxy) is 2. The Hall–Kier alpha value is -2.15. The number of nitro groups is 1. The van der Waals surface area contributed by atoms with Crippen molar-refractivity contribution >= 4 is 11.8 Å². The molecule has 2 rings (SSSR count). The molecule has 0 aromatic heterocycles. The van der Waals surface area contributed by atoms with Gasteiger partial charge in [0.05, 0.1) is 4.92 Å². The van der Waals surface area contributed by atoms with Crippen molar-refractivity contribution in [3.05, 3.63) is 34.4 Å². The van der Waals surface area contributed by atoms with Gasteiger partial charge in [0.25, 0.3) is 5.69 Å². The number of non-ortho nitro benzene ring substituents is 1. The van der Waals surface area contributed by atoms with Gasteiger partial charge in [0.2, 0.25) is 0 Å². The van der Waals surface area contributed by atoms with Crippen molar-refractivity contribution in [2.45, 2.75) is 19.3 Å². The maximum atomic E-state index is 10.2. The van der Waals surface area contributed by atoms with E-state index in [1.165, 1.54) is 31.4 Å². The van der Waals surface area contributed by atoms with E-state index in [-0.39, 0.29) is 11.4 Å². The lowest BCUT2D eigenvalue weighted by Gasteiger charge is -2.08.